The average molecular weight is 508 g/mol. The summed E-state index contributed by atoms with van der Waals surface area (Å²) in [6.07, 6.45) is 0.514. The number of rotatable bonds is 4. The van der Waals surface area contributed by atoms with Crippen molar-refractivity contribution in [3.63, 3.8) is 0 Å². The first-order valence-corrected chi connectivity index (χ1v) is 12.2. The minimum Gasteiger partial charge on any atom is -0.379 e. The fourth-order valence-electron chi connectivity index (χ4n) is 3.81. The van der Waals surface area contributed by atoms with Crippen molar-refractivity contribution in [2.75, 3.05) is 5.75 Å². The number of hydrogen-bond donors (Lipinski definition) is 2. The monoisotopic (exact) mass is 507 g/mol. The molecule has 0 spiro atoms. The lowest BCUT2D eigenvalue weighted by molar-refractivity contribution is -0.133. The van der Waals surface area contributed by atoms with E-state index in [4.69, 9.17) is 5.73 Å². The number of amides is 1. The SMILES string of the molecule is CC1(C2=C(F)C=CCC(NC(=O)c3cc(-c4ccccc4)c(C(F)(F)F)s3)=C2)CCSC(N)=N1. The number of thiophene rings is 1. The smallest absolute Gasteiger partial charge is 0.379 e. The van der Waals surface area contributed by atoms with Gasteiger partial charge in [0.15, 0.2) is 5.17 Å². The van der Waals surface area contributed by atoms with E-state index in [0.29, 0.717) is 39.9 Å². The largest absolute Gasteiger partial charge is 0.426 e. The van der Waals surface area contributed by atoms with E-state index in [2.05, 4.69) is 10.3 Å². The lowest BCUT2D eigenvalue weighted by Crippen LogP contribution is -2.33. The summed E-state index contributed by atoms with van der Waals surface area (Å²) in [5, 5.41) is 3.02. The van der Waals surface area contributed by atoms with Gasteiger partial charge in [0, 0.05) is 29.0 Å². The number of nitrogens with one attached hydrogen (secondary N) is 1. The highest BCUT2D eigenvalue weighted by molar-refractivity contribution is 8.13. The minimum absolute atomic E-state index is 0.0540. The van der Waals surface area contributed by atoms with Crippen LogP contribution in [0.1, 0.15) is 34.3 Å². The second-order valence-electron chi connectivity index (χ2n) is 8.03. The van der Waals surface area contributed by atoms with Crippen LogP contribution in [0.15, 0.2) is 76.7 Å². The van der Waals surface area contributed by atoms with E-state index in [1.807, 2.05) is 0 Å². The van der Waals surface area contributed by atoms with Crippen LogP contribution in [0.5, 0.6) is 0 Å². The van der Waals surface area contributed by atoms with Gasteiger partial charge < -0.3 is 11.1 Å². The van der Waals surface area contributed by atoms with E-state index >= 15 is 0 Å². The van der Waals surface area contributed by atoms with Crippen molar-refractivity contribution < 1.29 is 22.4 Å². The number of nitrogens with two attached hydrogens (primary N) is 1. The van der Waals surface area contributed by atoms with Crippen molar-refractivity contribution in [3.05, 3.63) is 81.5 Å². The Kier molecular flexibility index (Phi) is 6.73. The number of nitrogens with zero attached hydrogens (tertiary/aromatic N) is 1. The predicted molar refractivity (Wildman–Crippen MR) is 129 cm³/mol. The van der Waals surface area contributed by atoms with Crippen molar-refractivity contribution in [1.82, 2.24) is 5.32 Å². The molecule has 1 amide bonds. The number of alkyl halides is 3. The molecule has 1 aromatic heterocycles. The summed E-state index contributed by atoms with van der Waals surface area (Å²) >= 11 is 1.77. The molecule has 0 saturated heterocycles. The third-order valence-electron chi connectivity index (χ3n) is 5.53. The summed E-state index contributed by atoms with van der Waals surface area (Å²) in [6.45, 7) is 1.77. The van der Waals surface area contributed by atoms with Gasteiger partial charge in [-0.3, -0.25) is 9.79 Å². The first kappa shape index (κ1) is 24.3. The van der Waals surface area contributed by atoms with Crippen LogP contribution in [0.25, 0.3) is 11.1 Å². The summed E-state index contributed by atoms with van der Waals surface area (Å²) in [4.78, 5) is 16.4. The van der Waals surface area contributed by atoms with Crippen molar-refractivity contribution in [3.8, 4) is 11.1 Å². The van der Waals surface area contributed by atoms with Crippen molar-refractivity contribution >= 4 is 34.2 Å². The summed E-state index contributed by atoms with van der Waals surface area (Å²) in [7, 11) is 0. The first-order chi connectivity index (χ1) is 16.1. The van der Waals surface area contributed by atoms with Crippen LogP contribution in [0.4, 0.5) is 17.6 Å². The molecule has 2 aliphatic rings. The second kappa shape index (κ2) is 9.42. The van der Waals surface area contributed by atoms with Crippen molar-refractivity contribution in [2.45, 2.75) is 31.5 Å². The molecule has 0 fully saturated rings. The number of allylic oxidation sites excluding steroid dienone is 3. The fourth-order valence-corrected chi connectivity index (χ4v) is 5.73. The molecule has 2 aromatic rings. The van der Waals surface area contributed by atoms with Gasteiger partial charge in [0.05, 0.1) is 10.4 Å². The molecule has 1 aliphatic carbocycles. The maximum Gasteiger partial charge on any atom is 0.426 e. The third kappa shape index (κ3) is 5.12. The molecular weight excluding hydrogens is 486 g/mol. The Morgan fingerprint density at radius 1 is 1.24 bits per heavy atom. The van der Waals surface area contributed by atoms with Gasteiger partial charge in [0.2, 0.25) is 0 Å². The zero-order valence-electron chi connectivity index (χ0n) is 18.1. The van der Waals surface area contributed by atoms with Gasteiger partial charge in [-0.15, -0.1) is 11.3 Å². The summed E-state index contributed by atoms with van der Waals surface area (Å²) < 4.78 is 55.9. The molecule has 4 rings (SSSR count). The van der Waals surface area contributed by atoms with Crippen LogP contribution in [-0.4, -0.2) is 22.4 Å². The Labute approximate surface area is 202 Å². The quantitative estimate of drug-likeness (QED) is 0.468. The van der Waals surface area contributed by atoms with Gasteiger partial charge in [-0.05, 0) is 37.1 Å². The maximum absolute atomic E-state index is 14.9. The van der Waals surface area contributed by atoms with Crippen LogP contribution in [0.3, 0.4) is 0 Å². The van der Waals surface area contributed by atoms with Gasteiger partial charge in [-0.1, -0.05) is 48.2 Å². The number of benzene rings is 1. The second-order valence-corrected chi connectivity index (χ2v) is 10.2. The molecule has 178 valence electrons. The van der Waals surface area contributed by atoms with Crippen LogP contribution in [0.2, 0.25) is 0 Å². The fraction of sp³-hybridized carbons (Fsp3) is 0.250. The van der Waals surface area contributed by atoms with Crippen LogP contribution < -0.4 is 11.1 Å². The molecule has 2 heterocycles. The normalized spacial score (nSPS) is 21.1. The Hall–Kier alpha value is -2.85. The summed E-state index contributed by atoms with van der Waals surface area (Å²) in [6, 6.07) is 9.35. The van der Waals surface area contributed by atoms with E-state index in [0.717, 1.165) is 0 Å². The highest BCUT2D eigenvalue weighted by atomic mass is 32.2. The molecule has 0 saturated carbocycles. The number of amidine groups is 1. The number of halogens is 4. The number of carbonyl (C=O) groups is 1. The topological polar surface area (TPSA) is 67.5 Å². The molecule has 10 heteroatoms. The number of hydrogen-bond acceptors (Lipinski definition) is 5. The first-order valence-electron chi connectivity index (χ1n) is 10.4. The van der Waals surface area contributed by atoms with Crippen molar-refractivity contribution in [2.24, 2.45) is 10.7 Å². The lowest BCUT2D eigenvalue weighted by atomic mass is 9.88. The van der Waals surface area contributed by atoms with Gasteiger partial charge in [0.25, 0.3) is 5.91 Å². The Morgan fingerprint density at radius 3 is 2.65 bits per heavy atom. The number of thioether (sulfide) groups is 1. The molecule has 1 unspecified atom stereocenters. The number of carbonyl (C=O) groups excluding carboxylic acids is 1. The van der Waals surface area contributed by atoms with Gasteiger partial charge >= 0.3 is 6.18 Å². The molecule has 4 nitrogen and oxygen atoms in total. The molecular formula is C24H21F4N3OS2. The molecule has 1 aliphatic heterocycles. The zero-order chi connectivity index (χ0) is 24.5. The van der Waals surface area contributed by atoms with E-state index in [1.165, 1.54) is 30.0 Å². The maximum atomic E-state index is 14.9. The van der Waals surface area contributed by atoms with Crippen LogP contribution >= 0.6 is 23.1 Å². The van der Waals surface area contributed by atoms with Gasteiger partial charge in [-0.2, -0.15) is 13.2 Å². The highest BCUT2D eigenvalue weighted by Crippen LogP contribution is 2.43. The molecule has 0 radical (unpaired) electrons. The third-order valence-corrected chi connectivity index (χ3v) is 7.50. The Morgan fingerprint density at radius 2 is 1.97 bits per heavy atom. The van der Waals surface area contributed by atoms with Gasteiger partial charge in [0.1, 0.15) is 10.7 Å². The molecule has 0 bridgehead atoms. The van der Waals surface area contributed by atoms with Gasteiger partial charge in [-0.25, -0.2) is 4.39 Å². The van der Waals surface area contributed by atoms with Crippen LogP contribution in [0, 0.1) is 0 Å². The minimum atomic E-state index is -4.61. The molecule has 1 atom stereocenters. The molecule has 1 aromatic carbocycles. The molecule has 34 heavy (non-hydrogen) atoms. The van der Waals surface area contributed by atoms with Crippen LogP contribution in [-0.2, 0) is 6.18 Å². The molecule has 3 N–H and O–H groups in total. The number of aliphatic imine (C=N–C) groups is 1. The summed E-state index contributed by atoms with van der Waals surface area (Å²) in [5.41, 5.74) is 5.90. The van der Waals surface area contributed by atoms with E-state index in [1.54, 1.807) is 43.3 Å². The highest BCUT2D eigenvalue weighted by Gasteiger charge is 2.37. The zero-order valence-corrected chi connectivity index (χ0v) is 19.7. The Bertz CT molecular complexity index is 1230. The average Bonchev–Trinajstić information content (AvgIpc) is 3.15. The van der Waals surface area contributed by atoms with Crippen molar-refractivity contribution in [1.29, 1.82) is 0 Å². The van der Waals surface area contributed by atoms with E-state index in [-0.39, 0.29) is 22.4 Å². The van der Waals surface area contributed by atoms with E-state index in [9.17, 15) is 22.4 Å². The standard InChI is InChI=1S/C24H21F4N3OS2/c1-23(10-11-33-22(29)31-23)17-12-15(8-5-9-18(17)25)30-21(32)19-13-16(14-6-3-2-4-7-14)20(34-19)24(26,27)28/h2-7,9,12-13H,8,10-11H2,1H3,(H2,29,31)(H,30,32). The summed E-state index contributed by atoms with van der Waals surface area (Å²) in [5.74, 6) is -0.511. The van der Waals surface area contributed by atoms with E-state index < -0.39 is 28.3 Å². The lowest BCUT2D eigenvalue weighted by Gasteiger charge is -2.30. The predicted octanol–water partition coefficient (Wildman–Crippen LogP) is 6.44. The Balaban J connectivity index is 1.66.